The van der Waals surface area contributed by atoms with E-state index in [1.807, 2.05) is 0 Å². The van der Waals surface area contributed by atoms with E-state index in [0.717, 1.165) is 0 Å². The molecule has 1 radical (unpaired) electrons. The predicted octanol–water partition coefficient (Wildman–Crippen LogP) is -2.22. The zero-order chi connectivity index (χ0) is 16.6. The molecule has 1 heterocycles. The number of aryl methyl sites for hydroxylation is 1. The van der Waals surface area contributed by atoms with Crippen LogP contribution in [0.15, 0.2) is 11.3 Å². The van der Waals surface area contributed by atoms with Crippen LogP contribution < -0.4 is 16.3 Å². The molecule has 0 bridgehead atoms. The van der Waals surface area contributed by atoms with Crippen LogP contribution >= 0.6 is 12.2 Å². The molecule has 22 heavy (non-hydrogen) atoms. The van der Waals surface area contributed by atoms with Gasteiger partial charge in [0.1, 0.15) is 0 Å². The number of nitrogens with zero attached hydrogens (tertiary/aromatic N) is 2. The van der Waals surface area contributed by atoms with Crippen molar-refractivity contribution >= 4 is 33.9 Å². The molecule has 0 aliphatic carbocycles. The molecule has 1 rings (SSSR count). The minimum atomic E-state index is -5.17. The first-order valence-corrected chi connectivity index (χ1v) is 6.82. The second-order valence-corrected chi connectivity index (χ2v) is 4.67. The standard InChI is InChI=1S/C9H12N4O2S.Fe.H2O4S/c1-5-8(15)7(3-12-13-9(10)16)6(4-14)2-11-5;;1-5(2,3)4/h2-3,14-15H,4H2,1H3,(H3,10,13,16);;(H2,1,2,3,4)/q;+3;/p-3/b12-3-;;. The molecule has 13 heteroatoms. The minimum Gasteiger partial charge on any atom is -0.871 e. The SMILES string of the molecule is Cc1ncc(CO)c(/C=N\NC(N)=S)c1[O-].O=S(=O)([O-])[O-].[Fe+3]. The van der Waals surface area contributed by atoms with Crippen molar-refractivity contribution < 1.29 is 44.8 Å². The van der Waals surface area contributed by atoms with E-state index in [0.29, 0.717) is 11.3 Å². The van der Waals surface area contributed by atoms with E-state index in [2.05, 4.69) is 27.7 Å². The van der Waals surface area contributed by atoms with Gasteiger partial charge in [-0.3, -0.25) is 18.8 Å². The normalized spacial score (nSPS) is 10.4. The summed E-state index contributed by atoms with van der Waals surface area (Å²) in [6.45, 7) is 1.30. The number of aliphatic hydroxyl groups excluding tert-OH is 1. The molecule has 1 aromatic rings. The maximum atomic E-state index is 11.7. The summed E-state index contributed by atoms with van der Waals surface area (Å²) >= 11 is 4.54. The monoisotopic (exact) mass is 391 g/mol. The molecule has 0 amide bonds. The van der Waals surface area contributed by atoms with E-state index < -0.39 is 10.4 Å². The molecule has 0 atom stereocenters. The summed E-state index contributed by atoms with van der Waals surface area (Å²) in [6.07, 6.45) is 2.70. The van der Waals surface area contributed by atoms with Crippen molar-refractivity contribution in [3.63, 3.8) is 0 Å². The number of pyridine rings is 1. The average molecular weight is 391 g/mol. The molecule has 0 spiro atoms. The van der Waals surface area contributed by atoms with E-state index in [4.69, 9.17) is 28.4 Å². The van der Waals surface area contributed by atoms with Crippen molar-refractivity contribution in [3.05, 3.63) is 23.0 Å². The van der Waals surface area contributed by atoms with Crippen molar-refractivity contribution in [2.45, 2.75) is 13.5 Å². The fraction of sp³-hybridized carbons (Fsp3) is 0.222. The average Bonchev–Trinajstić information content (AvgIpc) is 2.32. The third-order valence-electron chi connectivity index (χ3n) is 1.87. The molecule has 4 N–H and O–H groups in total. The topological polar surface area (TPSA) is 187 Å². The Bertz CT molecular complexity index is 629. The molecule has 1 aromatic heterocycles. The van der Waals surface area contributed by atoms with Crippen LogP contribution in [0.1, 0.15) is 16.8 Å². The van der Waals surface area contributed by atoms with Gasteiger partial charge >= 0.3 is 17.1 Å². The second kappa shape index (κ2) is 10.4. The molecule has 0 saturated carbocycles. The quantitative estimate of drug-likeness (QED) is 0.127. The van der Waals surface area contributed by atoms with Crippen LogP contribution in [0.3, 0.4) is 0 Å². The number of nitrogens with two attached hydrogens (primary N) is 1. The summed E-state index contributed by atoms with van der Waals surface area (Å²) < 4.78 is 34.1. The molecule has 0 unspecified atom stereocenters. The molecule has 0 aliphatic rings. The van der Waals surface area contributed by atoms with Gasteiger partial charge in [-0.05, 0) is 24.7 Å². The van der Waals surface area contributed by atoms with Gasteiger partial charge in [-0.25, -0.2) is 0 Å². The Kier molecular flexibility index (Phi) is 10.8. The van der Waals surface area contributed by atoms with Crippen LogP contribution in [-0.4, -0.2) is 38.9 Å². The molecule has 0 aromatic carbocycles. The smallest absolute Gasteiger partial charge is 0.871 e. The van der Waals surface area contributed by atoms with E-state index in [-0.39, 0.29) is 40.1 Å². The Morgan fingerprint density at radius 3 is 2.50 bits per heavy atom. The first-order chi connectivity index (χ1) is 9.56. The van der Waals surface area contributed by atoms with E-state index in [1.165, 1.54) is 12.4 Å². The molecular weight excluding hydrogens is 380 g/mol. The number of rotatable bonds is 3. The largest absolute Gasteiger partial charge is 3.00 e. The van der Waals surface area contributed by atoms with Gasteiger partial charge in [0.05, 0.1) is 12.8 Å². The Morgan fingerprint density at radius 1 is 1.59 bits per heavy atom. The van der Waals surface area contributed by atoms with Crippen LogP contribution in [0.5, 0.6) is 5.75 Å². The van der Waals surface area contributed by atoms with E-state index in [9.17, 15) is 5.11 Å². The molecule has 123 valence electrons. The van der Waals surface area contributed by atoms with Gasteiger partial charge in [0.15, 0.2) is 5.11 Å². The number of aromatic nitrogens is 1. The third-order valence-corrected chi connectivity index (χ3v) is 1.96. The third kappa shape index (κ3) is 10.4. The van der Waals surface area contributed by atoms with Gasteiger partial charge in [-0.2, -0.15) is 5.10 Å². The first-order valence-electron chi connectivity index (χ1n) is 5.07. The number of aliphatic hydroxyl groups is 1. The minimum absolute atomic E-state index is 0. The summed E-state index contributed by atoms with van der Waals surface area (Å²) in [5.74, 6) is -0.278. The molecule has 0 fully saturated rings. The van der Waals surface area contributed by atoms with Gasteiger partial charge < -0.3 is 25.1 Å². The fourth-order valence-corrected chi connectivity index (χ4v) is 1.12. The number of hydrazone groups is 1. The molecule has 0 saturated heterocycles. The maximum Gasteiger partial charge on any atom is 3.00 e. The van der Waals surface area contributed by atoms with Gasteiger partial charge in [0.2, 0.25) is 0 Å². The van der Waals surface area contributed by atoms with Crippen molar-refractivity contribution in [1.82, 2.24) is 10.4 Å². The zero-order valence-corrected chi connectivity index (χ0v) is 13.7. The van der Waals surface area contributed by atoms with Crippen LogP contribution in [0.25, 0.3) is 0 Å². The number of thiocarbonyl (C=S) groups is 1. The van der Waals surface area contributed by atoms with Crippen molar-refractivity contribution in [2.75, 3.05) is 0 Å². The van der Waals surface area contributed by atoms with Crippen LogP contribution in [0.2, 0.25) is 0 Å². The van der Waals surface area contributed by atoms with Crippen LogP contribution in [0.4, 0.5) is 0 Å². The van der Waals surface area contributed by atoms with Gasteiger partial charge in [-0.15, -0.1) is 0 Å². The number of nitrogens with one attached hydrogen (secondary N) is 1. The summed E-state index contributed by atoms with van der Waals surface area (Å²) in [6, 6.07) is 0. The summed E-state index contributed by atoms with van der Waals surface area (Å²) in [4.78, 5) is 3.85. The van der Waals surface area contributed by atoms with Gasteiger partial charge in [0, 0.05) is 27.9 Å². The molecule has 10 nitrogen and oxygen atoms in total. The summed E-state index contributed by atoms with van der Waals surface area (Å²) in [5.41, 5.74) is 8.52. The fourth-order valence-electron chi connectivity index (χ4n) is 1.07. The van der Waals surface area contributed by atoms with E-state index in [1.54, 1.807) is 6.92 Å². The summed E-state index contributed by atoms with van der Waals surface area (Å²) in [7, 11) is -5.17. The maximum absolute atomic E-state index is 11.7. The Balaban J connectivity index is 0. The van der Waals surface area contributed by atoms with Gasteiger partial charge in [-0.1, -0.05) is 5.75 Å². The zero-order valence-electron chi connectivity index (χ0n) is 11.0. The van der Waals surface area contributed by atoms with Crippen LogP contribution in [-0.2, 0) is 34.1 Å². The second-order valence-electron chi connectivity index (χ2n) is 3.41. The summed E-state index contributed by atoms with van der Waals surface area (Å²) in [5, 5.41) is 24.4. The van der Waals surface area contributed by atoms with Crippen molar-refractivity contribution in [2.24, 2.45) is 10.8 Å². The Morgan fingerprint density at radius 2 is 2.09 bits per heavy atom. The predicted molar refractivity (Wildman–Crippen MR) is 72.3 cm³/mol. The van der Waals surface area contributed by atoms with Crippen molar-refractivity contribution in [1.29, 1.82) is 0 Å². The van der Waals surface area contributed by atoms with Gasteiger partial charge in [0.25, 0.3) is 0 Å². The van der Waals surface area contributed by atoms with E-state index >= 15 is 0 Å². The molecule has 0 aliphatic heterocycles. The first kappa shape index (κ1) is 22.9. The molecular formula is C9H11FeN4O6S2. The number of hydrogen-bond donors (Lipinski definition) is 3. The Hall–Kier alpha value is -1.34. The van der Waals surface area contributed by atoms with Crippen molar-refractivity contribution in [3.8, 4) is 5.75 Å². The Labute approximate surface area is 142 Å². The van der Waals surface area contributed by atoms with Crippen LogP contribution in [0, 0.1) is 6.92 Å². The number of hydrogen-bond acceptors (Lipinski definition) is 9.